The van der Waals surface area contributed by atoms with Gasteiger partial charge in [-0.2, -0.15) is 0 Å². The molecule has 0 unspecified atom stereocenters. The van der Waals surface area contributed by atoms with Gasteiger partial charge >= 0.3 is 0 Å². The molecule has 0 amide bonds. The molecule has 76 valence electrons. The van der Waals surface area contributed by atoms with Crippen LogP contribution < -0.4 is 10.5 Å². The van der Waals surface area contributed by atoms with Crippen molar-refractivity contribution in [2.75, 3.05) is 17.2 Å². The second-order valence-corrected chi connectivity index (χ2v) is 5.54. The van der Waals surface area contributed by atoms with Gasteiger partial charge in [0.25, 0.3) is 0 Å². The fraction of sp³-hybridized carbons (Fsp3) is 0.333. The number of anilines is 1. The van der Waals surface area contributed by atoms with Crippen LogP contribution in [0.15, 0.2) is 24.3 Å². The SMILES string of the molecule is Nc1cccc(OC2CS(=O)(=O)C2)c1. The summed E-state index contributed by atoms with van der Waals surface area (Å²) >= 11 is 0. The van der Waals surface area contributed by atoms with E-state index >= 15 is 0 Å². The van der Waals surface area contributed by atoms with Gasteiger partial charge in [0.15, 0.2) is 9.84 Å². The molecule has 14 heavy (non-hydrogen) atoms. The summed E-state index contributed by atoms with van der Waals surface area (Å²) in [5.41, 5.74) is 6.16. The van der Waals surface area contributed by atoms with E-state index in [1.807, 2.05) is 0 Å². The van der Waals surface area contributed by atoms with Crippen molar-refractivity contribution in [3.05, 3.63) is 24.3 Å². The first-order valence-electron chi connectivity index (χ1n) is 4.28. The van der Waals surface area contributed by atoms with Crippen LogP contribution >= 0.6 is 0 Å². The van der Waals surface area contributed by atoms with E-state index in [1.165, 1.54) is 0 Å². The van der Waals surface area contributed by atoms with Crippen LogP contribution in [0.25, 0.3) is 0 Å². The highest BCUT2D eigenvalue weighted by molar-refractivity contribution is 7.92. The summed E-state index contributed by atoms with van der Waals surface area (Å²) < 4.78 is 27.1. The lowest BCUT2D eigenvalue weighted by Crippen LogP contribution is -2.45. The van der Waals surface area contributed by atoms with Gasteiger partial charge in [0.05, 0.1) is 11.5 Å². The lowest BCUT2D eigenvalue weighted by Gasteiger charge is -2.26. The molecule has 1 saturated heterocycles. The lowest BCUT2D eigenvalue weighted by atomic mass is 10.3. The van der Waals surface area contributed by atoms with Gasteiger partial charge in [-0.3, -0.25) is 0 Å². The highest BCUT2D eigenvalue weighted by Crippen LogP contribution is 2.21. The van der Waals surface area contributed by atoms with Crippen LogP contribution in [0.5, 0.6) is 5.75 Å². The molecule has 0 atom stereocenters. The third-order valence-corrected chi connectivity index (χ3v) is 3.80. The maximum Gasteiger partial charge on any atom is 0.157 e. The molecule has 1 aliphatic heterocycles. The molecule has 1 fully saturated rings. The largest absolute Gasteiger partial charge is 0.488 e. The Bertz CT molecular complexity index is 429. The van der Waals surface area contributed by atoms with Crippen molar-refractivity contribution < 1.29 is 13.2 Å². The average molecular weight is 213 g/mol. The fourth-order valence-corrected chi connectivity index (χ4v) is 2.54. The number of nitrogen functional groups attached to an aromatic ring is 1. The van der Waals surface area contributed by atoms with Gasteiger partial charge in [0.1, 0.15) is 11.9 Å². The Hall–Kier alpha value is -1.23. The molecule has 2 rings (SSSR count). The third-order valence-electron chi connectivity index (χ3n) is 2.04. The standard InChI is InChI=1S/C9H11NO3S/c10-7-2-1-3-8(4-7)13-9-5-14(11,12)6-9/h1-4,9H,5-6,10H2. The maximum atomic E-state index is 10.8. The molecule has 1 aromatic rings. The van der Waals surface area contributed by atoms with Crippen LogP contribution in [0.3, 0.4) is 0 Å². The molecule has 2 N–H and O–H groups in total. The topological polar surface area (TPSA) is 69.4 Å². The molecule has 4 nitrogen and oxygen atoms in total. The van der Waals surface area contributed by atoms with Crippen LogP contribution in [0.1, 0.15) is 0 Å². The van der Waals surface area contributed by atoms with Crippen LogP contribution in [0.4, 0.5) is 5.69 Å². The molecule has 1 aliphatic rings. The number of benzene rings is 1. The molecule has 0 radical (unpaired) electrons. The summed E-state index contributed by atoms with van der Waals surface area (Å²) in [5.74, 6) is 0.855. The van der Waals surface area contributed by atoms with Crippen molar-refractivity contribution in [2.24, 2.45) is 0 Å². The molecule has 1 aromatic carbocycles. The summed E-state index contributed by atoms with van der Waals surface area (Å²) in [6.07, 6.45) is -0.207. The molecular formula is C9H11NO3S. The molecule has 0 saturated carbocycles. The minimum absolute atomic E-state index is 0.113. The Labute approximate surface area is 82.6 Å². The van der Waals surface area contributed by atoms with Crippen LogP contribution in [-0.4, -0.2) is 26.0 Å². The van der Waals surface area contributed by atoms with Gasteiger partial charge in [0.2, 0.25) is 0 Å². The van der Waals surface area contributed by atoms with Gasteiger partial charge < -0.3 is 10.5 Å². The third kappa shape index (κ3) is 1.98. The Morgan fingerprint density at radius 2 is 2.07 bits per heavy atom. The number of hydrogen-bond acceptors (Lipinski definition) is 4. The Morgan fingerprint density at radius 1 is 1.36 bits per heavy atom. The van der Waals surface area contributed by atoms with Gasteiger partial charge in [0, 0.05) is 11.8 Å². The van der Waals surface area contributed by atoms with Crippen LogP contribution in [0, 0.1) is 0 Å². The number of ether oxygens (including phenoxy) is 1. The van der Waals surface area contributed by atoms with E-state index in [2.05, 4.69) is 0 Å². The molecule has 0 aliphatic carbocycles. The van der Waals surface area contributed by atoms with E-state index in [-0.39, 0.29) is 17.6 Å². The zero-order valence-corrected chi connectivity index (χ0v) is 8.33. The zero-order chi connectivity index (χ0) is 10.2. The summed E-state index contributed by atoms with van der Waals surface area (Å²) in [6, 6.07) is 6.98. The second kappa shape index (κ2) is 3.16. The summed E-state index contributed by atoms with van der Waals surface area (Å²) in [6.45, 7) is 0. The summed E-state index contributed by atoms with van der Waals surface area (Å²) in [4.78, 5) is 0. The molecule has 1 heterocycles. The van der Waals surface area contributed by atoms with Crippen molar-refractivity contribution >= 4 is 15.5 Å². The minimum atomic E-state index is -2.82. The smallest absolute Gasteiger partial charge is 0.157 e. The number of rotatable bonds is 2. The maximum absolute atomic E-state index is 10.8. The Kier molecular flexibility index (Phi) is 2.11. The van der Waals surface area contributed by atoms with Crippen LogP contribution in [0.2, 0.25) is 0 Å². The Morgan fingerprint density at radius 3 is 2.64 bits per heavy atom. The highest BCUT2D eigenvalue weighted by Gasteiger charge is 2.35. The first-order chi connectivity index (χ1) is 6.55. The first-order valence-corrected chi connectivity index (χ1v) is 6.10. The highest BCUT2D eigenvalue weighted by atomic mass is 32.2. The van der Waals surface area contributed by atoms with Crippen LogP contribution in [-0.2, 0) is 9.84 Å². The number of hydrogen-bond donors (Lipinski definition) is 1. The van der Waals surface area contributed by atoms with Crippen molar-refractivity contribution in [1.82, 2.24) is 0 Å². The average Bonchev–Trinajstić information content (AvgIpc) is 2.00. The minimum Gasteiger partial charge on any atom is -0.488 e. The monoisotopic (exact) mass is 213 g/mol. The molecule has 5 heteroatoms. The molecule has 0 aromatic heterocycles. The molecule has 0 bridgehead atoms. The summed E-state index contributed by atoms with van der Waals surface area (Å²) in [5, 5.41) is 0. The van der Waals surface area contributed by atoms with E-state index in [0.29, 0.717) is 11.4 Å². The predicted octanol–water partition coefficient (Wildman–Crippen LogP) is 0.445. The van der Waals surface area contributed by atoms with Crippen molar-refractivity contribution in [3.63, 3.8) is 0 Å². The van der Waals surface area contributed by atoms with E-state index in [9.17, 15) is 8.42 Å². The second-order valence-electron chi connectivity index (χ2n) is 3.39. The zero-order valence-electron chi connectivity index (χ0n) is 7.51. The normalized spacial score (nSPS) is 20.0. The van der Waals surface area contributed by atoms with E-state index in [1.54, 1.807) is 24.3 Å². The number of nitrogens with two attached hydrogens (primary N) is 1. The first kappa shape index (κ1) is 9.33. The van der Waals surface area contributed by atoms with E-state index in [0.717, 1.165) is 0 Å². The molecule has 0 spiro atoms. The van der Waals surface area contributed by atoms with Crippen molar-refractivity contribution in [1.29, 1.82) is 0 Å². The Balaban J connectivity index is 2.00. The van der Waals surface area contributed by atoms with Gasteiger partial charge in [-0.15, -0.1) is 0 Å². The van der Waals surface area contributed by atoms with Gasteiger partial charge in [-0.1, -0.05) is 6.07 Å². The lowest BCUT2D eigenvalue weighted by molar-refractivity contribution is 0.230. The quantitative estimate of drug-likeness (QED) is 0.724. The predicted molar refractivity (Wildman–Crippen MR) is 53.9 cm³/mol. The van der Waals surface area contributed by atoms with E-state index < -0.39 is 9.84 Å². The molecular weight excluding hydrogens is 202 g/mol. The van der Waals surface area contributed by atoms with Gasteiger partial charge in [-0.05, 0) is 12.1 Å². The fourth-order valence-electron chi connectivity index (χ4n) is 1.37. The van der Waals surface area contributed by atoms with E-state index in [4.69, 9.17) is 10.5 Å². The van der Waals surface area contributed by atoms with Crippen molar-refractivity contribution in [2.45, 2.75) is 6.10 Å². The van der Waals surface area contributed by atoms with Crippen molar-refractivity contribution in [3.8, 4) is 5.75 Å². The van der Waals surface area contributed by atoms with Gasteiger partial charge in [-0.25, -0.2) is 8.42 Å². The number of sulfone groups is 1. The summed E-state index contributed by atoms with van der Waals surface area (Å²) in [7, 11) is -2.82.